The Hall–Kier alpha value is -0.880. The van der Waals surface area contributed by atoms with Crippen molar-refractivity contribution in [3.63, 3.8) is 0 Å². The predicted octanol–water partition coefficient (Wildman–Crippen LogP) is 1.30. The van der Waals surface area contributed by atoms with E-state index >= 15 is 0 Å². The minimum atomic E-state index is -2.95. The molecular formula is C13H23N3O2S. The lowest BCUT2D eigenvalue weighted by Gasteiger charge is -2.20. The highest BCUT2D eigenvalue weighted by atomic mass is 32.2. The molecule has 0 spiro atoms. The number of sulfone groups is 1. The summed E-state index contributed by atoms with van der Waals surface area (Å²) in [7, 11) is -2.95. The number of rotatable bonds is 5. The Morgan fingerprint density at radius 1 is 1.47 bits per heavy atom. The fourth-order valence-electron chi connectivity index (χ4n) is 2.78. The van der Waals surface area contributed by atoms with Gasteiger partial charge in [-0.05, 0) is 25.3 Å². The van der Waals surface area contributed by atoms with Gasteiger partial charge < -0.3 is 5.73 Å². The van der Waals surface area contributed by atoms with Crippen molar-refractivity contribution in [1.29, 1.82) is 0 Å². The van der Waals surface area contributed by atoms with Crippen molar-refractivity contribution in [3.05, 3.63) is 18.0 Å². The summed E-state index contributed by atoms with van der Waals surface area (Å²) < 4.78 is 25.0. The number of aromatic nitrogens is 2. The van der Waals surface area contributed by atoms with Crippen LogP contribution in [-0.2, 0) is 16.3 Å². The van der Waals surface area contributed by atoms with Crippen molar-refractivity contribution < 1.29 is 8.42 Å². The molecule has 6 heteroatoms. The van der Waals surface area contributed by atoms with E-state index < -0.39 is 15.4 Å². The number of hydrogen-bond donors (Lipinski definition) is 1. The van der Waals surface area contributed by atoms with Crippen LogP contribution in [0, 0.1) is 0 Å². The zero-order valence-electron chi connectivity index (χ0n) is 11.7. The largest absolute Gasteiger partial charge is 0.324 e. The maximum atomic E-state index is 11.5. The van der Waals surface area contributed by atoms with Crippen LogP contribution in [0.5, 0.6) is 0 Å². The fourth-order valence-corrected chi connectivity index (χ4v) is 4.76. The summed E-state index contributed by atoms with van der Waals surface area (Å²) in [6.45, 7) is 4.28. The van der Waals surface area contributed by atoms with Crippen LogP contribution in [0.1, 0.15) is 44.8 Å². The molecule has 1 fully saturated rings. The van der Waals surface area contributed by atoms with Crippen LogP contribution < -0.4 is 5.73 Å². The minimum Gasteiger partial charge on any atom is -0.324 e. The minimum absolute atomic E-state index is 0.0812. The third-order valence-corrected chi connectivity index (χ3v) is 5.77. The molecule has 0 bridgehead atoms. The summed E-state index contributed by atoms with van der Waals surface area (Å²) in [5.41, 5.74) is 6.45. The zero-order valence-corrected chi connectivity index (χ0v) is 12.5. The number of nitrogens with two attached hydrogens (primary N) is 1. The molecule has 0 saturated carbocycles. The van der Waals surface area contributed by atoms with E-state index in [0.717, 1.165) is 18.5 Å². The Labute approximate surface area is 115 Å². The van der Waals surface area contributed by atoms with Crippen molar-refractivity contribution in [3.8, 4) is 0 Å². The second-order valence-corrected chi connectivity index (χ2v) is 7.82. The molecular weight excluding hydrogens is 262 g/mol. The van der Waals surface area contributed by atoms with Gasteiger partial charge in [-0.25, -0.2) is 8.42 Å². The van der Waals surface area contributed by atoms with Gasteiger partial charge in [0.15, 0.2) is 9.84 Å². The summed E-state index contributed by atoms with van der Waals surface area (Å²) in [5, 5.41) is 4.55. The van der Waals surface area contributed by atoms with Crippen molar-refractivity contribution in [2.45, 2.75) is 51.1 Å². The average Bonchev–Trinajstić information content (AvgIpc) is 2.86. The van der Waals surface area contributed by atoms with Gasteiger partial charge in [-0.3, -0.25) is 4.68 Å². The van der Waals surface area contributed by atoms with E-state index in [2.05, 4.69) is 18.9 Å². The Balaban J connectivity index is 2.08. The van der Waals surface area contributed by atoms with Gasteiger partial charge in [0.2, 0.25) is 0 Å². The first-order valence-electron chi connectivity index (χ1n) is 6.91. The van der Waals surface area contributed by atoms with Gasteiger partial charge in [0.25, 0.3) is 0 Å². The van der Waals surface area contributed by atoms with E-state index in [-0.39, 0.29) is 11.5 Å². The van der Waals surface area contributed by atoms with E-state index in [9.17, 15) is 8.42 Å². The van der Waals surface area contributed by atoms with E-state index in [1.165, 1.54) is 0 Å². The number of hydrogen-bond acceptors (Lipinski definition) is 4. The molecule has 1 unspecified atom stereocenters. The Morgan fingerprint density at radius 3 is 2.68 bits per heavy atom. The summed E-state index contributed by atoms with van der Waals surface area (Å²) in [5.74, 6) is 0.286. The highest BCUT2D eigenvalue weighted by Crippen LogP contribution is 2.25. The van der Waals surface area contributed by atoms with Crippen LogP contribution in [0.15, 0.2) is 12.3 Å². The van der Waals surface area contributed by atoms with Gasteiger partial charge in [-0.2, -0.15) is 5.10 Å². The second-order valence-electron chi connectivity index (χ2n) is 5.64. The van der Waals surface area contributed by atoms with Gasteiger partial charge in [-0.15, -0.1) is 0 Å². The molecule has 1 aromatic heterocycles. The molecule has 2 rings (SSSR count). The monoisotopic (exact) mass is 285 g/mol. The molecule has 1 aromatic rings. The lowest BCUT2D eigenvalue weighted by molar-refractivity contribution is 0.416. The Bertz CT molecular complexity index is 534. The van der Waals surface area contributed by atoms with Crippen LogP contribution in [0.4, 0.5) is 0 Å². The predicted molar refractivity (Wildman–Crippen MR) is 75.7 cm³/mol. The molecule has 2 N–H and O–H groups in total. The Morgan fingerprint density at radius 2 is 2.16 bits per heavy atom. The standard InChI is InChI=1S/C13H23N3O2S/c1-3-12(4-2)16-7-5-11(15-16)9-13(14)6-8-19(17,18)10-13/h5,7,12H,3-4,6,8-10,14H2,1-2H3. The molecule has 2 heterocycles. The van der Waals surface area contributed by atoms with Gasteiger partial charge in [0.05, 0.1) is 23.2 Å². The highest BCUT2D eigenvalue weighted by Gasteiger charge is 2.39. The Kier molecular flexibility index (Phi) is 4.01. The molecule has 1 aliphatic rings. The second kappa shape index (κ2) is 5.25. The fraction of sp³-hybridized carbons (Fsp3) is 0.769. The molecule has 0 aromatic carbocycles. The lowest BCUT2D eigenvalue weighted by Crippen LogP contribution is -2.43. The molecule has 5 nitrogen and oxygen atoms in total. The molecule has 0 radical (unpaired) electrons. The van der Waals surface area contributed by atoms with Gasteiger partial charge in [0.1, 0.15) is 0 Å². The third-order valence-electron chi connectivity index (χ3n) is 3.93. The van der Waals surface area contributed by atoms with Crippen LogP contribution >= 0.6 is 0 Å². The van der Waals surface area contributed by atoms with Crippen LogP contribution in [0.25, 0.3) is 0 Å². The first-order chi connectivity index (χ1) is 8.87. The van der Waals surface area contributed by atoms with Crippen molar-refractivity contribution >= 4 is 9.84 Å². The summed E-state index contributed by atoms with van der Waals surface area (Å²) in [6, 6.07) is 2.37. The molecule has 0 amide bonds. The summed E-state index contributed by atoms with van der Waals surface area (Å²) in [6.07, 6.45) is 5.13. The van der Waals surface area contributed by atoms with Crippen molar-refractivity contribution in [2.24, 2.45) is 5.73 Å². The smallest absolute Gasteiger partial charge is 0.152 e. The maximum absolute atomic E-state index is 11.5. The molecule has 1 aliphatic heterocycles. The average molecular weight is 285 g/mol. The maximum Gasteiger partial charge on any atom is 0.152 e. The van der Waals surface area contributed by atoms with Crippen LogP contribution in [-0.4, -0.2) is 35.2 Å². The van der Waals surface area contributed by atoms with Crippen molar-refractivity contribution in [1.82, 2.24) is 9.78 Å². The quantitative estimate of drug-likeness (QED) is 0.884. The van der Waals surface area contributed by atoms with Crippen molar-refractivity contribution in [2.75, 3.05) is 11.5 Å². The third kappa shape index (κ3) is 3.36. The molecule has 1 atom stereocenters. The summed E-state index contributed by atoms with van der Waals surface area (Å²) >= 11 is 0. The number of nitrogens with zero attached hydrogens (tertiary/aromatic N) is 2. The SMILES string of the molecule is CCC(CC)n1ccc(CC2(N)CCS(=O)(=O)C2)n1. The van der Waals surface area contributed by atoms with E-state index in [4.69, 9.17) is 5.73 Å². The van der Waals surface area contributed by atoms with Gasteiger partial charge in [-0.1, -0.05) is 13.8 Å². The van der Waals surface area contributed by atoms with Crippen LogP contribution in [0.3, 0.4) is 0 Å². The highest BCUT2D eigenvalue weighted by molar-refractivity contribution is 7.91. The zero-order chi connectivity index (χ0) is 14.1. The van der Waals surface area contributed by atoms with E-state index in [0.29, 0.717) is 18.9 Å². The topological polar surface area (TPSA) is 78.0 Å². The van der Waals surface area contributed by atoms with Gasteiger partial charge >= 0.3 is 0 Å². The molecule has 1 saturated heterocycles. The molecule has 108 valence electrons. The van der Waals surface area contributed by atoms with Crippen LogP contribution in [0.2, 0.25) is 0 Å². The van der Waals surface area contributed by atoms with E-state index in [1.54, 1.807) is 0 Å². The summed E-state index contributed by atoms with van der Waals surface area (Å²) in [4.78, 5) is 0. The molecule has 0 aliphatic carbocycles. The first-order valence-corrected chi connectivity index (χ1v) is 8.73. The van der Waals surface area contributed by atoms with E-state index in [1.807, 2.05) is 16.9 Å². The molecule has 19 heavy (non-hydrogen) atoms. The van der Waals surface area contributed by atoms with Gasteiger partial charge in [0, 0.05) is 18.2 Å². The normalized spacial score (nSPS) is 26.1. The first kappa shape index (κ1) is 14.5. The lowest BCUT2D eigenvalue weighted by atomic mass is 9.94.